The summed E-state index contributed by atoms with van der Waals surface area (Å²) < 4.78 is 27.6. The molecule has 3 nitrogen and oxygen atoms in total. The highest BCUT2D eigenvalue weighted by atomic mass is 79.9. The lowest BCUT2D eigenvalue weighted by Gasteiger charge is -2.05. The molecule has 1 aromatic carbocycles. The first-order chi connectivity index (χ1) is 7.47. The molecule has 0 saturated carbocycles. The summed E-state index contributed by atoms with van der Waals surface area (Å²) in [5.74, 6) is 0.763. The van der Waals surface area contributed by atoms with Gasteiger partial charge in [0.2, 0.25) is 9.05 Å². The van der Waals surface area contributed by atoms with Gasteiger partial charge in [0.15, 0.2) is 0 Å². The molecule has 0 saturated heterocycles. The van der Waals surface area contributed by atoms with Crippen molar-refractivity contribution in [3.63, 3.8) is 0 Å². The van der Waals surface area contributed by atoms with Gasteiger partial charge in [0, 0.05) is 15.2 Å². The van der Waals surface area contributed by atoms with Gasteiger partial charge >= 0.3 is 0 Å². The summed E-state index contributed by atoms with van der Waals surface area (Å²) in [6.07, 6.45) is 1.18. The first-order valence-corrected chi connectivity index (χ1v) is 8.05. The van der Waals surface area contributed by atoms with Crippen molar-refractivity contribution in [2.75, 3.05) is 12.4 Å². The van der Waals surface area contributed by atoms with E-state index in [1.807, 2.05) is 24.3 Å². The molecular weight excluding hydrogens is 316 g/mol. The van der Waals surface area contributed by atoms with Crippen LogP contribution in [-0.4, -0.2) is 20.8 Å². The standard InChI is InChI=1S/C10H12BrClO3S/c11-9-4-3-5-10(8-9)15-6-1-2-7-16(12,13)14/h3-5,8H,1-2,6-7H2. The maximum Gasteiger partial charge on any atom is 0.232 e. The molecule has 1 rings (SSSR count). The molecule has 0 N–H and O–H groups in total. The molecule has 0 radical (unpaired) electrons. The molecule has 6 heteroatoms. The number of halogens is 2. The van der Waals surface area contributed by atoms with E-state index in [1.54, 1.807) is 0 Å². The van der Waals surface area contributed by atoms with Crippen molar-refractivity contribution in [2.45, 2.75) is 12.8 Å². The smallest absolute Gasteiger partial charge is 0.232 e. The van der Waals surface area contributed by atoms with E-state index in [2.05, 4.69) is 15.9 Å². The lowest BCUT2D eigenvalue weighted by atomic mass is 10.3. The summed E-state index contributed by atoms with van der Waals surface area (Å²) in [7, 11) is 1.71. The molecule has 0 spiro atoms. The van der Waals surface area contributed by atoms with Gasteiger partial charge in [0.05, 0.1) is 12.4 Å². The molecule has 0 fully saturated rings. The van der Waals surface area contributed by atoms with Gasteiger partial charge in [0.1, 0.15) is 5.75 Å². The average Bonchev–Trinajstić information content (AvgIpc) is 2.15. The maximum absolute atomic E-state index is 10.6. The van der Waals surface area contributed by atoms with Crippen molar-refractivity contribution >= 4 is 35.7 Å². The summed E-state index contributed by atoms with van der Waals surface area (Å²) in [4.78, 5) is 0. The molecule has 0 heterocycles. The lowest BCUT2D eigenvalue weighted by Crippen LogP contribution is -2.02. The van der Waals surface area contributed by atoms with Crippen molar-refractivity contribution in [3.8, 4) is 5.75 Å². The van der Waals surface area contributed by atoms with Crippen molar-refractivity contribution in [2.24, 2.45) is 0 Å². The Bertz CT molecular complexity index is 433. The molecule has 16 heavy (non-hydrogen) atoms. The van der Waals surface area contributed by atoms with Crippen molar-refractivity contribution in [1.82, 2.24) is 0 Å². The van der Waals surface area contributed by atoms with E-state index in [1.165, 1.54) is 0 Å². The molecule has 0 aromatic heterocycles. The second-order valence-electron chi connectivity index (χ2n) is 3.26. The molecule has 90 valence electrons. The number of ether oxygens (including phenoxy) is 1. The summed E-state index contributed by atoms with van der Waals surface area (Å²) in [5, 5.41) is 0. The predicted molar refractivity (Wildman–Crippen MR) is 68.5 cm³/mol. The molecular formula is C10H12BrClO3S. The Morgan fingerprint density at radius 3 is 2.69 bits per heavy atom. The van der Waals surface area contributed by atoms with Crippen LogP contribution in [0.3, 0.4) is 0 Å². The van der Waals surface area contributed by atoms with Crippen LogP contribution in [0, 0.1) is 0 Å². The van der Waals surface area contributed by atoms with E-state index in [4.69, 9.17) is 15.4 Å². The quantitative estimate of drug-likeness (QED) is 0.595. The number of rotatable bonds is 6. The first kappa shape index (κ1) is 13.8. The topological polar surface area (TPSA) is 43.4 Å². The lowest BCUT2D eigenvalue weighted by molar-refractivity contribution is 0.309. The summed E-state index contributed by atoms with van der Waals surface area (Å²) in [5.41, 5.74) is 0. The molecule has 0 atom stereocenters. The van der Waals surface area contributed by atoms with Crippen molar-refractivity contribution in [3.05, 3.63) is 28.7 Å². The second kappa shape index (κ2) is 6.47. The molecule has 0 bridgehead atoms. The SMILES string of the molecule is O=S(=O)(Cl)CCCCOc1cccc(Br)c1. The number of hydrogen-bond acceptors (Lipinski definition) is 3. The normalized spacial score (nSPS) is 11.4. The van der Waals surface area contributed by atoms with Crippen molar-refractivity contribution in [1.29, 1.82) is 0 Å². The van der Waals surface area contributed by atoms with Gasteiger partial charge in [-0.25, -0.2) is 8.42 Å². The van der Waals surface area contributed by atoms with E-state index in [0.717, 1.165) is 10.2 Å². The van der Waals surface area contributed by atoms with Crippen LogP contribution in [0.2, 0.25) is 0 Å². The minimum atomic E-state index is -3.37. The van der Waals surface area contributed by atoms with Gasteiger partial charge in [0.25, 0.3) is 0 Å². The van der Waals surface area contributed by atoms with Crippen LogP contribution in [0.15, 0.2) is 28.7 Å². The fourth-order valence-corrected chi connectivity index (χ4v) is 2.38. The maximum atomic E-state index is 10.6. The van der Waals surface area contributed by atoms with Crippen molar-refractivity contribution < 1.29 is 13.2 Å². The van der Waals surface area contributed by atoms with E-state index >= 15 is 0 Å². The average molecular weight is 328 g/mol. The van der Waals surface area contributed by atoms with Crippen LogP contribution in [0.4, 0.5) is 0 Å². The van der Waals surface area contributed by atoms with Crippen LogP contribution < -0.4 is 4.74 Å². The Kier molecular flexibility index (Phi) is 5.58. The summed E-state index contributed by atoms with van der Waals surface area (Å²) in [6, 6.07) is 7.50. The zero-order chi connectivity index (χ0) is 12.0. The third-order valence-electron chi connectivity index (χ3n) is 1.85. The van der Waals surface area contributed by atoms with Gasteiger partial charge in [-0.05, 0) is 31.0 Å². The molecule has 0 unspecified atom stereocenters. The van der Waals surface area contributed by atoms with Crippen LogP contribution >= 0.6 is 26.6 Å². The van der Waals surface area contributed by atoms with Gasteiger partial charge in [-0.3, -0.25) is 0 Å². The highest BCUT2D eigenvalue weighted by molar-refractivity contribution is 9.10. The minimum Gasteiger partial charge on any atom is -0.494 e. The van der Waals surface area contributed by atoms with E-state index in [9.17, 15) is 8.42 Å². The van der Waals surface area contributed by atoms with Crippen LogP contribution in [0.5, 0.6) is 5.75 Å². The molecule has 1 aromatic rings. The Labute approximate surface area is 108 Å². The van der Waals surface area contributed by atoms with Crippen LogP contribution in [0.25, 0.3) is 0 Å². The molecule has 0 aliphatic carbocycles. The monoisotopic (exact) mass is 326 g/mol. The number of unbranched alkanes of at least 4 members (excludes halogenated alkanes) is 1. The zero-order valence-electron chi connectivity index (χ0n) is 8.53. The molecule has 0 aliphatic rings. The Morgan fingerprint density at radius 2 is 2.06 bits per heavy atom. The minimum absolute atomic E-state index is 0.00357. The Morgan fingerprint density at radius 1 is 1.31 bits per heavy atom. The van der Waals surface area contributed by atoms with Crippen LogP contribution in [-0.2, 0) is 9.05 Å². The fraction of sp³-hybridized carbons (Fsp3) is 0.400. The van der Waals surface area contributed by atoms with Gasteiger partial charge in [-0.15, -0.1) is 0 Å². The number of hydrogen-bond donors (Lipinski definition) is 0. The van der Waals surface area contributed by atoms with E-state index in [0.29, 0.717) is 19.4 Å². The highest BCUT2D eigenvalue weighted by Gasteiger charge is 2.04. The highest BCUT2D eigenvalue weighted by Crippen LogP contribution is 2.17. The van der Waals surface area contributed by atoms with Gasteiger partial charge in [-0.2, -0.15) is 0 Å². The summed E-state index contributed by atoms with van der Waals surface area (Å²) in [6.45, 7) is 0.489. The Hall–Kier alpha value is -0.260. The second-order valence-corrected chi connectivity index (χ2v) is 7.07. The zero-order valence-corrected chi connectivity index (χ0v) is 11.7. The van der Waals surface area contributed by atoms with Crippen LogP contribution in [0.1, 0.15) is 12.8 Å². The van der Waals surface area contributed by atoms with Gasteiger partial charge in [-0.1, -0.05) is 22.0 Å². The third-order valence-corrected chi connectivity index (χ3v) is 3.58. The third kappa shape index (κ3) is 6.35. The largest absolute Gasteiger partial charge is 0.494 e. The fourth-order valence-electron chi connectivity index (χ4n) is 1.12. The predicted octanol–water partition coefficient (Wildman–Crippen LogP) is 3.18. The van der Waals surface area contributed by atoms with E-state index < -0.39 is 9.05 Å². The number of benzene rings is 1. The molecule has 0 amide bonds. The summed E-state index contributed by atoms with van der Waals surface area (Å²) >= 11 is 3.33. The van der Waals surface area contributed by atoms with Gasteiger partial charge < -0.3 is 4.74 Å². The van der Waals surface area contributed by atoms with E-state index in [-0.39, 0.29) is 5.75 Å². The Balaban J connectivity index is 2.21. The molecule has 0 aliphatic heterocycles. The first-order valence-electron chi connectivity index (χ1n) is 4.78.